The molecule has 1 heterocycles. The average Bonchev–Trinajstić information content (AvgIpc) is 2.38. The SMILES string of the molecule is O=c1cc[nH]c(=O)n1CCCOc1ccccc1. The maximum atomic E-state index is 11.4. The van der Waals surface area contributed by atoms with Gasteiger partial charge in [0.15, 0.2) is 0 Å². The molecule has 1 aromatic carbocycles. The molecule has 0 saturated carbocycles. The predicted octanol–water partition coefficient (Wildman–Crippen LogP) is 1.01. The van der Waals surface area contributed by atoms with Crippen molar-refractivity contribution in [2.24, 2.45) is 0 Å². The molecule has 0 spiro atoms. The van der Waals surface area contributed by atoms with Gasteiger partial charge in [0, 0.05) is 18.8 Å². The maximum Gasteiger partial charge on any atom is 0.328 e. The highest BCUT2D eigenvalue weighted by Crippen LogP contribution is 2.08. The molecule has 5 heteroatoms. The van der Waals surface area contributed by atoms with E-state index in [9.17, 15) is 9.59 Å². The molecule has 0 atom stereocenters. The molecule has 1 aromatic heterocycles. The van der Waals surface area contributed by atoms with E-state index in [0.29, 0.717) is 19.6 Å². The number of hydrogen-bond acceptors (Lipinski definition) is 3. The second kappa shape index (κ2) is 5.86. The van der Waals surface area contributed by atoms with Crippen LogP contribution in [0.5, 0.6) is 5.75 Å². The lowest BCUT2D eigenvalue weighted by molar-refractivity contribution is 0.299. The number of rotatable bonds is 5. The predicted molar refractivity (Wildman–Crippen MR) is 67.9 cm³/mol. The summed E-state index contributed by atoms with van der Waals surface area (Å²) in [5.74, 6) is 0.784. The highest BCUT2D eigenvalue weighted by atomic mass is 16.5. The van der Waals surface area contributed by atoms with Gasteiger partial charge in [0.05, 0.1) is 6.61 Å². The van der Waals surface area contributed by atoms with Gasteiger partial charge in [0.2, 0.25) is 0 Å². The number of aromatic amines is 1. The molecular weight excluding hydrogens is 232 g/mol. The number of hydrogen-bond donors (Lipinski definition) is 1. The molecule has 0 bridgehead atoms. The smallest absolute Gasteiger partial charge is 0.328 e. The largest absolute Gasteiger partial charge is 0.494 e. The Morgan fingerprint density at radius 2 is 1.89 bits per heavy atom. The van der Waals surface area contributed by atoms with E-state index in [-0.39, 0.29) is 11.2 Å². The Morgan fingerprint density at radius 1 is 1.11 bits per heavy atom. The first kappa shape index (κ1) is 12.2. The minimum absolute atomic E-state index is 0.293. The van der Waals surface area contributed by atoms with Crippen molar-refractivity contribution < 1.29 is 4.74 Å². The molecule has 0 radical (unpaired) electrons. The summed E-state index contributed by atoms with van der Waals surface area (Å²) in [6.07, 6.45) is 1.95. The van der Waals surface area contributed by atoms with Crippen LogP contribution in [-0.2, 0) is 6.54 Å². The molecule has 5 nitrogen and oxygen atoms in total. The van der Waals surface area contributed by atoms with Crippen LogP contribution < -0.4 is 16.0 Å². The highest BCUT2D eigenvalue weighted by molar-refractivity contribution is 5.20. The Balaban J connectivity index is 1.86. The standard InChI is InChI=1S/C13H14N2O3/c16-12-7-8-14-13(17)15(12)9-4-10-18-11-5-2-1-3-6-11/h1-3,5-8H,4,9-10H2,(H,14,17). The summed E-state index contributed by atoms with van der Waals surface area (Å²) in [5, 5.41) is 0. The zero-order valence-electron chi connectivity index (χ0n) is 9.83. The Bertz CT molecular complexity index is 573. The van der Waals surface area contributed by atoms with Gasteiger partial charge < -0.3 is 9.72 Å². The van der Waals surface area contributed by atoms with Gasteiger partial charge >= 0.3 is 5.69 Å². The van der Waals surface area contributed by atoms with Crippen LogP contribution >= 0.6 is 0 Å². The fourth-order valence-corrected chi connectivity index (χ4v) is 1.59. The van der Waals surface area contributed by atoms with Crippen LogP contribution in [0.2, 0.25) is 0 Å². The molecule has 18 heavy (non-hydrogen) atoms. The monoisotopic (exact) mass is 246 g/mol. The number of H-pyrrole nitrogens is 1. The first-order chi connectivity index (χ1) is 8.77. The molecule has 0 aliphatic rings. The van der Waals surface area contributed by atoms with Crippen molar-refractivity contribution in [3.05, 3.63) is 63.4 Å². The molecule has 0 fully saturated rings. The van der Waals surface area contributed by atoms with Crippen LogP contribution in [0.15, 0.2) is 52.2 Å². The molecule has 1 N–H and O–H groups in total. The van der Waals surface area contributed by atoms with Gasteiger partial charge in [-0.2, -0.15) is 0 Å². The molecule has 0 amide bonds. The number of nitrogens with one attached hydrogen (secondary N) is 1. The fraction of sp³-hybridized carbons (Fsp3) is 0.231. The number of nitrogens with zero attached hydrogens (tertiary/aromatic N) is 1. The minimum atomic E-state index is -0.387. The third-order valence-electron chi connectivity index (χ3n) is 2.48. The molecular formula is C13H14N2O3. The third-order valence-corrected chi connectivity index (χ3v) is 2.48. The lowest BCUT2D eigenvalue weighted by atomic mass is 10.3. The van der Waals surface area contributed by atoms with Crippen molar-refractivity contribution in [2.75, 3.05) is 6.61 Å². The van der Waals surface area contributed by atoms with E-state index in [1.165, 1.54) is 12.3 Å². The van der Waals surface area contributed by atoms with Gasteiger partial charge in [-0.25, -0.2) is 4.79 Å². The molecule has 0 unspecified atom stereocenters. The summed E-state index contributed by atoms with van der Waals surface area (Å²) in [5.41, 5.74) is -0.680. The molecule has 0 aliphatic carbocycles. The molecule has 0 saturated heterocycles. The first-order valence-electron chi connectivity index (χ1n) is 5.74. The quantitative estimate of drug-likeness (QED) is 0.801. The molecule has 2 aromatic rings. The van der Waals surface area contributed by atoms with Crippen LogP contribution in [0.1, 0.15) is 6.42 Å². The van der Waals surface area contributed by atoms with Gasteiger partial charge in [-0.15, -0.1) is 0 Å². The molecule has 94 valence electrons. The zero-order valence-corrected chi connectivity index (χ0v) is 9.83. The lowest BCUT2D eigenvalue weighted by Gasteiger charge is -2.06. The van der Waals surface area contributed by atoms with Crippen molar-refractivity contribution >= 4 is 0 Å². The van der Waals surface area contributed by atoms with Crippen molar-refractivity contribution in [1.82, 2.24) is 9.55 Å². The summed E-state index contributed by atoms with van der Waals surface area (Å²) >= 11 is 0. The minimum Gasteiger partial charge on any atom is -0.494 e. The molecule has 0 aliphatic heterocycles. The van der Waals surface area contributed by atoms with Gasteiger partial charge in [-0.05, 0) is 18.6 Å². The van der Waals surface area contributed by atoms with E-state index in [1.54, 1.807) is 0 Å². The van der Waals surface area contributed by atoms with E-state index < -0.39 is 0 Å². The van der Waals surface area contributed by atoms with E-state index >= 15 is 0 Å². The van der Waals surface area contributed by atoms with E-state index in [0.717, 1.165) is 10.3 Å². The van der Waals surface area contributed by atoms with Gasteiger partial charge in [-0.3, -0.25) is 9.36 Å². The highest BCUT2D eigenvalue weighted by Gasteiger charge is 1.99. The number of ether oxygens (including phenoxy) is 1. The Kier molecular flexibility index (Phi) is 3.96. The topological polar surface area (TPSA) is 64.1 Å². The summed E-state index contributed by atoms with van der Waals surface area (Å²) in [6, 6.07) is 10.8. The van der Waals surface area contributed by atoms with Crippen molar-refractivity contribution in [2.45, 2.75) is 13.0 Å². The van der Waals surface area contributed by atoms with Gasteiger partial charge in [-0.1, -0.05) is 18.2 Å². The Morgan fingerprint density at radius 3 is 2.61 bits per heavy atom. The van der Waals surface area contributed by atoms with Gasteiger partial charge in [0.1, 0.15) is 5.75 Å². The van der Waals surface area contributed by atoms with Crippen LogP contribution in [-0.4, -0.2) is 16.2 Å². The van der Waals surface area contributed by atoms with E-state index in [2.05, 4.69) is 4.98 Å². The Hall–Kier alpha value is -2.30. The second-order valence-corrected chi connectivity index (χ2v) is 3.79. The molecule has 2 rings (SSSR count). The van der Waals surface area contributed by atoms with Crippen LogP contribution in [0.4, 0.5) is 0 Å². The van der Waals surface area contributed by atoms with Crippen molar-refractivity contribution in [3.63, 3.8) is 0 Å². The lowest BCUT2D eigenvalue weighted by Crippen LogP contribution is -2.34. The summed E-state index contributed by atoms with van der Waals surface area (Å²) in [4.78, 5) is 25.2. The third kappa shape index (κ3) is 3.10. The number of aromatic nitrogens is 2. The Labute approximate surface area is 104 Å². The summed E-state index contributed by atoms with van der Waals surface area (Å²) in [7, 11) is 0. The number of benzene rings is 1. The van der Waals surface area contributed by atoms with E-state index in [4.69, 9.17) is 4.74 Å². The number of para-hydroxylation sites is 1. The summed E-state index contributed by atoms with van der Waals surface area (Å²) in [6.45, 7) is 0.812. The fourth-order valence-electron chi connectivity index (χ4n) is 1.59. The first-order valence-corrected chi connectivity index (χ1v) is 5.74. The van der Waals surface area contributed by atoms with Gasteiger partial charge in [0.25, 0.3) is 5.56 Å². The zero-order chi connectivity index (χ0) is 12.8. The normalized spacial score (nSPS) is 10.2. The van der Waals surface area contributed by atoms with Crippen LogP contribution in [0.25, 0.3) is 0 Å². The van der Waals surface area contributed by atoms with Crippen LogP contribution in [0.3, 0.4) is 0 Å². The average molecular weight is 246 g/mol. The van der Waals surface area contributed by atoms with Crippen molar-refractivity contribution in [1.29, 1.82) is 0 Å². The second-order valence-electron chi connectivity index (χ2n) is 3.79. The summed E-state index contributed by atoms with van der Waals surface area (Å²) < 4.78 is 6.64. The van der Waals surface area contributed by atoms with Crippen molar-refractivity contribution in [3.8, 4) is 5.75 Å². The van der Waals surface area contributed by atoms with Crippen LogP contribution in [0, 0.1) is 0 Å². The maximum absolute atomic E-state index is 11.4. The van der Waals surface area contributed by atoms with E-state index in [1.807, 2.05) is 30.3 Å².